The number of esters is 3. The highest BCUT2D eigenvalue weighted by Gasteiger charge is 2.28. The van der Waals surface area contributed by atoms with Gasteiger partial charge in [0.2, 0.25) is 0 Å². The summed E-state index contributed by atoms with van der Waals surface area (Å²) in [5.74, 6) is -1.48. The van der Waals surface area contributed by atoms with E-state index in [2.05, 4.69) is 69.4 Å². The molecule has 2 N–H and O–H groups in total. The lowest BCUT2D eigenvalue weighted by atomic mass is 10.1. The summed E-state index contributed by atoms with van der Waals surface area (Å²) in [5, 5.41) is 9.77. The maximum absolute atomic E-state index is 12.9. The van der Waals surface area contributed by atoms with Crippen LogP contribution in [0, 0.1) is 0 Å². The first-order valence-electron chi connectivity index (χ1n) is 28.5. The smallest absolute Gasteiger partial charge is 0.462 e. The molecule has 0 aromatic rings. The molecule has 0 aromatic carbocycles. The van der Waals surface area contributed by atoms with Crippen molar-refractivity contribution in [2.45, 2.75) is 277 Å². The molecule has 408 valence electrons. The van der Waals surface area contributed by atoms with Gasteiger partial charge in [-0.2, -0.15) is 0 Å². The van der Waals surface area contributed by atoms with Crippen LogP contribution in [-0.4, -0.2) is 66.5 Å². The molecule has 0 saturated carbocycles. The monoisotopic (exact) mass is 1010 g/mol. The molecule has 0 spiro atoms. The highest BCUT2D eigenvalue weighted by Crippen LogP contribution is 2.43. The zero-order chi connectivity index (χ0) is 51.3. The summed E-state index contributed by atoms with van der Waals surface area (Å²) in [6, 6.07) is 0. The molecule has 11 nitrogen and oxygen atoms in total. The summed E-state index contributed by atoms with van der Waals surface area (Å²) in [6.07, 6.45) is 55.0. The van der Waals surface area contributed by atoms with Crippen LogP contribution in [0.3, 0.4) is 0 Å². The van der Waals surface area contributed by atoms with Crippen molar-refractivity contribution < 1.29 is 52.2 Å². The summed E-state index contributed by atoms with van der Waals surface area (Å²) < 4.78 is 39.4. The number of hydrogen-bond acceptors (Lipinski definition) is 10. The Kier molecular flexibility index (Phi) is 50.8. The van der Waals surface area contributed by atoms with Gasteiger partial charge in [0.15, 0.2) is 6.10 Å². The molecule has 0 heterocycles. The second-order valence-electron chi connectivity index (χ2n) is 19.1. The van der Waals surface area contributed by atoms with Gasteiger partial charge in [-0.25, -0.2) is 4.57 Å². The summed E-state index contributed by atoms with van der Waals surface area (Å²) in [4.78, 5) is 48.4. The van der Waals surface area contributed by atoms with E-state index in [0.717, 1.165) is 96.3 Å². The van der Waals surface area contributed by atoms with Crippen LogP contribution in [0.4, 0.5) is 0 Å². The van der Waals surface area contributed by atoms with Crippen LogP contribution >= 0.6 is 7.82 Å². The number of aliphatic hydroxyl groups is 1. The van der Waals surface area contributed by atoms with Gasteiger partial charge < -0.3 is 24.2 Å². The topological polar surface area (TPSA) is 155 Å². The van der Waals surface area contributed by atoms with Crippen molar-refractivity contribution in [1.82, 2.24) is 0 Å². The minimum Gasteiger partial charge on any atom is -0.462 e. The first-order valence-corrected chi connectivity index (χ1v) is 30.0. The summed E-state index contributed by atoms with van der Waals surface area (Å²) in [7, 11) is -4.74. The average molecular weight is 1010 g/mol. The van der Waals surface area contributed by atoms with Crippen LogP contribution in [0.1, 0.15) is 265 Å². The molecule has 70 heavy (non-hydrogen) atoms. The molecule has 0 aliphatic rings. The van der Waals surface area contributed by atoms with Gasteiger partial charge in [0.25, 0.3) is 0 Å². The predicted molar refractivity (Wildman–Crippen MR) is 289 cm³/mol. The predicted octanol–water partition coefficient (Wildman–Crippen LogP) is 16.6. The van der Waals surface area contributed by atoms with Gasteiger partial charge in [0.1, 0.15) is 12.7 Å². The normalized spacial score (nSPS) is 13.7. The third-order valence-electron chi connectivity index (χ3n) is 12.2. The highest BCUT2D eigenvalue weighted by molar-refractivity contribution is 7.47. The van der Waals surface area contributed by atoms with Gasteiger partial charge in [-0.1, -0.05) is 211 Å². The third kappa shape index (κ3) is 50.4. The Morgan fingerprint density at radius 3 is 1.09 bits per heavy atom. The van der Waals surface area contributed by atoms with Crippen molar-refractivity contribution in [3.63, 3.8) is 0 Å². The average Bonchev–Trinajstić information content (AvgIpc) is 3.35. The van der Waals surface area contributed by atoms with Gasteiger partial charge >= 0.3 is 25.7 Å². The van der Waals surface area contributed by atoms with Crippen LogP contribution in [0.25, 0.3) is 0 Å². The van der Waals surface area contributed by atoms with E-state index in [1.807, 2.05) is 0 Å². The van der Waals surface area contributed by atoms with Crippen molar-refractivity contribution in [2.24, 2.45) is 0 Å². The fourth-order valence-corrected chi connectivity index (χ4v) is 8.61. The lowest BCUT2D eigenvalue weighted by Crippen LogP contribution is -2.30. The lowest BCUT2D eigenvalue weighted by Gasteiger charge is -2.21. The van der Waals surface area contributed by atoms with E-state index in [4.69, 9.17) is 23.3 Å². The van der Waals surface area contributed by atoms with Crippen molar-refractivity contribution in [1.29, 1.82) is 0 Å². The Morgan fingerprint density at radius 2 is 0.700 bits per heavy atom. The standard InChI is InChI=1S/C58H105O11P/c1-4-7-10-13-16-19-21-23-25-26-27-28-30-32-34-37-40-43-46-49-58(62)69-55(51-65-56(60)47-44-41-38-36-33-31-29-24-22-20-17-14-11-8-5-2)53-67-70(63,64)66-52-54(50-59)68-57(61)48-45-42-39-35-18-15-12-9-6-3/h16-17,19-20,23-25,29,54-55,59H,4-15,18,21-22,26-28,30-53H2,1-3H3,(H,63,64)/b19-16-,20-17-,25-23-,29-24-. The van der Waals surface area contributed by atoms with E-state index in [0.29, 0.717) is 19.3 Å². The second kappa shape index (κ2) is 52.8. The Bertz CT molecular complexity index is 1360. The minimum absolute atomic E-state index is 0.161. The number of carbonyl (C=O) groups is 3. The number of phosphoric ester groups is 1. The second-order valence-corrected chi connectivity index (χ2v) is 20.6. The zero-order valence-electron chi connectivity index (χ0n) is 45.0. The van der Waals surface area contributed by atoms with E-state index in [1.165, 1.54) is 109 Å². The Labute approximate surface area is 428 Å². The van der Waals surface area contributed by atoms with Crippen molar-refractivity contribution in [3.8, 4) is 0 Å². The number of carbonyl (C=O) groups excluding carboxylic acids is 3. The molecule has 0 saturated heterocycles. The van der Waals surface area contributed by atoms with Crippen LogP contribution < -0.4 is 0 Å². The number of unbranched alkanes of at least 4 members (excludes halogenated alkanes) is 28. The largest absolute Gasteiger partial charge is 0.472 e. The fourth-order valence-electron chi connectivity index (χ4n) is 7.83. The fraction of sp³-hybridized carbons (Fsp3) is 0.810. The highest BCUT2D eigenvalue weighted by atomic mass is 31.2. The molecule has 0 aliphatic heterocycles. The molecule has 0 bridgehead atoms. The number of phosphoric acid groups is 1. The molecule has 0 amide bonds. The number of rotatable bonds is 53. The first-order chi connectivity index (χ1) is 34.2. The van der Waals surface area contributed by atoms with Gasteiger partial charge in [-0.15, -0.1) is 0 Å². The SMILES string of the molecule is CCCCC/C=C\C/C=C\CCCCCCCCCCCC(=O)OC(COC(=O)CCCCCCC/C=C\C/C=C\CCCCC)COP(=O)(O)OCC(CO)OC(=O)CCCCCCCCCCC. The molecular weight excluding hydrogens is 904 g/mol. The van der Waals surface area contributed by atoms with Crippen LogP contribution in [-0.2, 0) is 42.2 Å². The maximum Gasteiger partial charge on any atom is 0.472 e. The van der Waals surface area contributed by atoms with Crippen LogP contribution in [0.2, 0.25) is 0 Å². The molecule has 0 aliphatic carbocycles. The Hall–Kier alpha value is -2.56. The van der Waals surface area contributed by atoms with E-state index < -0.39 is 57.8 Å². The van der Waals surface area contributed by atoms with Gasteiger partial charge in [-0.05, 0) is 83.5 Å². The quantitative estimate of drug-likeness (QED) is 0.0197. The number of ether oxygens (including phenoxy) is 3. The Morgan fingerprint density at radius 1 is 0.400 bits per heavy atom. The van der Waals surface area contributed by atoms with Crippen molar-refractivity contribution in [3.05, 3.63) is 48.6 Å². The summed E-state index contributed by atoms with van der Waals surface area (Å²) in [5.41, 5.74) is 0. The Balaban J connectivity index is 4.72. The molecule has 3 atom stereocenters. The summed E-state index contributed by atoms with van der Waals surface area (Å²) >= 11 is 0. The van der Waals surface area contributed by atoms with Gasteiger partial charge in [0, 0.05) is 19.3 Å². The molecule has 0 fully saturated rings. The van der Waals surface area contributed by atoms with Crippen molar-refractivity contribution >= 4 is 25.7 Å². The molecule has 3 unspecified atom stereocenters. The van der Waals surface area contributed by atoms with Gasteiger partial charge in [-0.3, -0.25) is 23.4 Å². The van der Waals surface area contributed by atoms with E-state index >= 15 is 0 Å². The minimum atomic E-state index is -4.74. The molecular formula is C58H105O11P. The molecule has 0 aromatic heterocycles. The van der Waals surface area contributed by atoms with E-state index in [1.54, 1.807) is 0 Å². The van der Waals surface area contributed by atoms with E-state index in [-0.39, 0.29) is 25.9 Å². The molecule has 0 radical (unpaired) electrons. The van der Waals surface area contributed by atoms with Crippen LogP contribution in [0.5, 0.6) is 0 Å². The van der Waals surface area contributed by atoms with E-state index in [9.17, 15) is 28.9 Å². The zero-order valence-corrected chi connectivity index (χ0v) is 45.9. The van der Waals surface area contributed by atoms with Crippen LogP contribution in [0.15, 0.2) is 48.6 Å². The van der Waals surface area contributed by atoms with Gasteiger partial charge in [0.05, 0.1) is 19.8 Å². The lowest BCUT2D eigenvalue weighted by molar-refractivity contribution is -0.161. The first kappa shape index (κ1) is 67.4. The molecule has 12 heteroatoms. The molecule has 0 rings (SSSR count). The summed E-state index contributed by atoms with van der Waals surface area (Å²) in [6.45, 7) is 4.57. The number of aliphatic hydroxyl groups excluding tert-OH is 1. The number of hydrogen-bond donors (Lipinski definition) is 2. The third-order valence-corrected chi connectivity index (χ3v) is 13.2. The maximum atomic E-state index is 12.9. The van der Waals surface area contributed by atoms with Crippen molar-refractivity contribution in [2.75, 3.05) is 26.4 Å². The number of allylic oxidation sites excluding steroid dienone is 8.